The van der Waals surface area contributed by atoms with E-state index in [9.17, 15) is 4.79 Å². The van der Waals surface area contributed by atoms with Crippen LogP contribution in [0.25, 0.3) is 0 Å². The molecule has 16 heavy (non-hydrogen) atoms. The first-order chi connectivity index (χ1) is 7.77. The summed E-state index contributed by atoms with van der Waals surface area (Å²) >= 11 is 0. The number of carbonyl (C=O) groups is 1. The summed E-state index contributed by atoms with van der Waals surface area (Å²) in [7, 11) is 0. The van der Waals surface area contributed by atoms with Crippen LogP contribution in [0, 0.1) is 5.41 Å². The second-order valence-corrected chi connectivity index (χ2v) is 5.57. The first kappa shape index (κ1) is 11.9. The fourth-order valence-corrected chi connectivity index (χ4v) is 3.51. The van der Waals surface area contributed by atoms with Gasteiger partial charge in [0.1, 0.15) is 5.78 Å². The number of carbonyl (C=O) groups excluding carboxylic acids is 1. The van der Waals surface area contributed by atoms with E-state index in [4.69, 9.17) is 0 Å². The quantitative estimate of drug-likeness (QED) is 0.508. The second-order valence-electron chi connectivity index (χ2n) is 5.57. The van der Waals surface area contributed by atoms with Crippen LogP contribution in [0.1, 0.15) is 71.1 Å². The van der Waals surface area contributed by atoms with Crippen molar-refractivity contribution in [2.75, 3.05) is 0 Å². The van der Waals surface area contributed by atoms with Gasteiger partial charge in [-0.15, -0.1) is 0 Å². The fraction of sp³-hybridized carbons (Fsp3) is 0.800. The lowest BCUT2D eigenvalue weighted by Crippen LogP contribution is -2.27. The average Bonchev–Trinajstić information content (AvgIpc) is 2.62. The van der Waals surface area contributed by atoms with Gasteiger partial charge in [-0.1, -0.05) is 31.4 Å². The van der Waals surface area contributed by atoms with Gasteiger partial charge in [-0.25, -0.2) is 0 Å². The summed E-state index contributed by atoms with van der Waals surface area (Å²) in [6.07, 6.45) is 14.2. The molecule has 0 aromatic heterocycles. The molecule has 1 nitrogen and oxygen atoms in total. The van der Waals surface area contributed by atoms with Crippen LogP contribution in [0.5, 0.6) is 0 Å². The largest absolute Gasteiger partial charge is 0.300 e. The highest BCUT2D eigenvalue weighted by molar-refractivity contribution is 5.80. The third-order valence-corrected chi connectivity index (χ3v) is 4.38. The van der Waals surface area contributed by atoms with Crippen LogP contribution in [0.4, 0.5) is 0 Å². The van der Waals surface area contributed by atoms with E-state index in [0.29, 0.717) is 11.2 Å². The van der Waals surface area contributed by atoms with E-state index in [1.54, 1.807) is 5.57 Å². The maximum absolute atomic E-state index is 11.7. The monoisotopic (exact) mass is 220 g/mol. The standard InChI is InChI=1S/C15H24O/c1-2-3-4-7-13-8-5-10-15(13)11-6-9-14(16)12-15/h7H,2-6,8-12H2,1H3/b13-7-. The second kappa shape index (κ2) is 5.16. The minimum Gasteiger partial charge on any atom is -0.300 e. The van der Waals surface area contributed by atoms with Crippen molar-refractivity contribution >= 4 is 5.78 Å². The third-order valence-electron chi connectivity index (χ3n) is 4.38. The van der Waals surface area contributed by atoms with Crippen LogP contribution in [-0.4, -0.2) is 5.78 Å². The molecule has 90 valence electrons. The predicted octanol–water partition coefficient (Wildman–Crippen LogP) is 4.42. The smallest absolute Gasteiger partial charge is 0.133 e. The molecule has 0 aliphatic heterocycles. The molecule has 2 aliphatic carbocycles. The van der Waals surface area contributed by atoms with Crippen LogP contribution < -0.4 is 0 Å². The zero-order valence-corrected chi connectivity index (χ0v) is 10.6. The number of hydrogen-bond donors (Lipinski definition) is 0. The first-order valence-corrected chi connectivity index (χ1v) is 6.98. The lowest BCUT2D eigenvalue weighted by Gasteiger charge is -2.34. The molecule has 1 atom stereocenters. The molecule has 0 heterocycles. The zero-order valence-electron chi connectivity index (χ0n) is 10.6. The van der Waals surface area contributed by atoms with E-state index >= 15 is 0 Å². The van der Waals surface area contributed by atoms with E-state index in [1.807, 2.05) is 0 Å². The Morgan fingerprint density at radius 3 is 2.69 bits per heavy atom. The lowest BCUT2D eigenvalue weighted by atomic mass is 9.69. The molecule has 0 saturated heterocycles. The highest BCUT2D eigenvalue weighted by Gasteiger charge is 2.41. The van der Waals surface area contributed by atoms with Crippen LogP contribution >= 0.6 is 0 Å². The molecule has 2 fully saturated rings. The SMILES string of the molecule is CCCC/C=C1/CCCC12CCCC(=O)C2. The topological polar surface area (TPSA) is 17.1 Å². The molecule has 2 rings (SSSR count). The van der Waals surface area contributed by atoms with Gasteiger partial charge in [-0.05, 0) is 43.9 Å². The van der Waals surface area contributed by atoms with Crippen LogP contribution in [0.3, 0.4) is 0 Å². The minimum atomic E-state index is 0.322. The summed E-state index contributed by atoms with van der Waals surface area (Å²) in [5, 5.41) is 0. The molecule has 0 aromatic rings. The van der Waals surface area contributed by atoms with Gasteiger partial charge in [-0.3, -0.25) is 4.79 Å². The van der Waals surface area contributed by atoms with Crippen molar-refractivity contribution in [1.82, 2.24) is 0 Å². The normalized spacial score (nSPS) is 32.8. The van der Waals surface area contributed by atoms with Crippen molar-refractivity contribution in [3.8, 4) is 0 Å². The van der Waals surface area contributed by atoms with E-state index in [1.165, 1.54) is 44.9 Å². The molecular formula is C15H24O. The van der Waals surface area contributed by atoms with E-state index < -0.39 is 0 Å². The van der Waals surface area contributed by atoms with Gasteiger partial charge in [0.25, 0.3) is 0 Å². The van der Waals surface area contributed by atoms with Crippen molar-refractivity contribution in [1.29, 1.82) is 0 Å². The van der Waals surface area contributed by atoms with Crippen molar-refractivity contribution in [2.45, 2.75) is 71.1 Å². The van der Waals surface area contributed by atoms with Crippen LogP contribution in [0.2, 0.25) is 0 Å². The molecule has 2 aliphatic rings. The maximum atomic E-state index is 11.7. The Kier molecular flexibility index (Phi) is 3.83. The molecule has 0 amide bonds. The Bertz CT molecular complexity index is 290. The molecule has 1 heteroatoms. The van der Waals surface area contributed by atoms with E-state index in [2.05, 4.69) is 13.0 Å². The number of ketones is 1. The number of rotatable bonds is 3. The Balaban J connectivity index is 2.06. The Morgan fingerprint density at radius 2 is 2.00 bits per heavy atom. The fourth-order valence-electron chi connectivity index (χ4n) is 3.51. The molecule has 1 unspecified atom stereocenters. The van der Waals surface area contributed by atoms with Crippen molar-refractivity contribution in [2.24, 2.45) is 5.41 Å². The molecule has 0 bridgehead atoms. The highest BCUT2D eigenvalue weighted by Crippen LogP contribution is 2.51. The Labute approximate surface area is 99.3 Å². The van der Waals surface area contributed by atoms with Gasteiger partial charge >= 0.3 is 0 Å². The molecule has 0 N–H and O–H groups in total. The summed E-state index contributed by atoms with van der Waals surface area (Å²) in [4.78, 5) is 11.7. The first-order valence-electron chi connectivity index (χ1n) is 6.98. The Morgan fingerprint density at radius 1 is 1.25 bits per heavy atom. The van der Waals surface area contributed by atoms with Crippen molar-refractivity contribution in [3.05, 3.63) is 11.6 Å². The van der Waals surface area contributed by atoms with Crippen LogP contribution in [-0.2, 0) is 4.79 Å². The number of allylic oxidation sites excluding steroid dienone is 2. The molecule has 0 radical (unpaired) electrons. The lowest BCUT2D eigenvalue weighted by molar-refractivity contribution is -0.122. The molecule has 2 saturated carbocycles. The summed E-state index contributed by atoms with van der Waals surface area (Å²) in [6, 6.07) is 0. The van der Waals surface area contributed by atoms with Gasteiger partial charge in [-0.2, -0.15) is 0 Å². The van der Waals surface area contributed by atoms with Crippen molar-refractivity contribution < 1.29 is 4.79 Å². The van der Waals surface area contributed by atoms with E-state index in [0.717, 1.165) is 19.3 Å². The predicted molar refractivity (Wildman–Crippen MR) is 67.4 cm³/mol. The summed E-state index contributed by atoms with van der Waals surface area (Å²) < 4.78 is 0. The van der Waals surface area contributed by atoms with Crippen LogP contribution in [0.15, 0.2) is 11.6 Å². The van der Waals surface area contributed by atoms with Gasteiger partial charge < -0.3 is 0 Å². The van der Waals surface area contributed by atoms with Crippen molar-refractivity contribution in [3.63, 3.8) is 0 Å². The Hall–Kier alpha value is -0.590. The average molecular weight is 220 g/mol. The van der Waals surface area contributed by atoms with Gasteiger partial charge in [0.2, 0.25) is 0 Å². The minimum absolute atomic E-state index is 0.322. The number of unbranched alkanes of at least 4 members (excludes halogenated alkanes) is 2. The summed E-state index contributed by atoms with van der Waals surface area (Å²) in [6.45, 7) is 2.24. The van der Waals surface area contributed by atoms with Gasteiger partial charge in [0.05, 0.1) is 0 Å². The summed E-state index contributed by atoms with van der Waals surface area (Å²) in [5.41, 5.74) is 1.96. The molecular weight excluding hydrogens is 196 g/mol. The zero-order chi connectivity index (χ0) is 11.4. The van der Waals surface area contributed by atoms with Gasteiger partial charge in [0.15, 0.2) is 0 Å². The highest BCUT2D eigenvalue weighted by atomic mass is 16.1. The summed E-state index contributed by atoms with van der Waals surface area (Å²) in [5.74, 6) is 0.509. The third kappa shape index (κ3) is 2.39. The number of hydrogen-bond acceptors (Lipinski definition) is 1. The van der Waals surface area contributed by atoms with E-state index in [-0.39, 0.29) is 0 Å². The maximum Gasteiger partial charge on any atom is 0.133 e. The molecule has 0 aromatic carbocycles. The molecule has 1 spiro atoms. The number of Topliss-reactive ketones (excluding diaryl/α,β-unsaturated/α-hetero) is 1. The van der Waals surface area contributed by atoms with Gasteiger partial charge in [0, 0.05) is 12.8 Å².